The predicted molar refractivity (Wildman–Crippen MR) is 164 cm³/mol. The van der Waals surface area contributed by atoms with Crippen LogP contribution in [0.1, 0.15) is 112 Å². The topological polar surface area (TPSA) is 90.2 Å². The number of rotatable bonds is 1. The molecule has 8 rings (SSSR count). The van der Waals surface area contributed by atoms with Crippen molar-refractivity contribution in [3.05, 3.63) is 52.6 Å². The smallest absolute Gasteiger partial charge is 0.160 e. The molecule has 5 heteroatoms. The maximum atomic E-state index is 10.4. The molecular weight excluding hydrogens is 524 g/mol. The van der Waals surface area contributed by atoms with E-state index in [1.165, 1.54) is 54.4 Å². The zero-order valence-corrected chi connectivity index (χ0v) is 25.7. The number of benzene rings is 2. The fourth-order valence-electron chi connectivity index (χ4n) is 11.3. The second-order valence-corrected chi connectivity index (χ2v) is 15.2. The van der Waals surface area contributed by atoms with Crippen molar-refractivity contribution in [2.24, 2.45) is 34.5 Å². The van der Waals surface area contributed by atoms with Crippen LogP contribution < -0.4 is 4.74 Å². The molecule has 0 heterocycles. The molecule has 0 radical (unpaired) electrons. The van der Waals surface area contributed by atoms with Gasteiger partial charge in [-0.15, -0.1) is 0 Å². The van der Waals surface area contributed by atoms with Crippen molar-refractivity contribution in [3.8, 4) is 17.2 Å². The van der Waals surface area contributed by atoms with E-state index in [-0.39, 0.29) is 28.8 Å². The first-order valence-electron chi connectivity index (χ1n) is 16.7. The number of aliphatic hydroxyl groups is 2. The Balaban J connectivity index is 0.000000138. The van der Waals surface area contributed by atoms with Gasteiger partial charge in [-0.25, -0.2) is 0 Å². The molecule has 228 valence electrons. The lowest BCUT2D eigenvalue weighted by Gasteiger charge is -2.50. The van der Waals surface area contributed by atoms with E-state index < -0.39 is 0 Å². The summed E-state index contributed by atoms with van der Waals surface area (Å²) in [5, 5.41) is 40.5. The van der Waals surface area contributed by atoms with E-state index in [4.69, 9.17) is 4.74 Å². The molecule has 0 amide bonds. The van der Waals surface area contributed by atoms with Crippen molar-refractivity contribution >= 4 is 0 Å². The summed E-state index contributed by atoms with van der Waals surface area (Å²) in [6, 6.07) is 9.92. The van der Waals surface area contributed by atoms with Crippen molar-refractivity contribution in [1.82, 2.24) is 0 Å². The molecule has 4 saturated carbocycles. The van der Waals surface area contributed by atoms with Crippen molar-refractivity contribution < 1.29 is 25.2 Å². The van der Waals surface area contributed by atoms with E-state index >= 15 is 0 Å². The maximum absolute atomic E-state index is 10.4. The van der Waals surface area contributed by atoms with Crippen LogP contribution in [0.25, 0.3) is 0 Å². The third-order valence-corrected chi connectivity index (χ3v) is 13.6. The fraction of sp³-hybridized carbons (Fsp3) is 0.676. The minimum atomic E-state index is -0.116. The van der Waals surface area contributed by atoms with Gasteiger partial charge in [-0.05, 0) is 170 Å². The van der Waals surface area contributed by atoms with Gasteiger partial charge in [0.05, 0.1) is 19.3 Å². The highest BCUT2D eigenvalue weighted by Crippen LogP contribution is 2.62. The highest BCUT2D eigenvalue weighted by atomic mass is 16.5. The Morgan fingerprint density at radius 2 is 1.21 bits per heavy atom. The average Bonchev–Trinajstić information content (AvgIpc) is 3.46. The minimum absolute atomic E-state index is 0.0883. The quantitative estimate of drug-likeness (QED) is 0.289. The highest BCUT2D eigenvalue weighted by Gasteiger charge is 2.55. The van der Waals surface area contributed by atoms with Gasteiger partial charge in [0.2, 0.25) is 0 Å². The Kier molecular flexibility index (Phi) is 7.09. The molecule has 4 fully saturated rings. The average molecular weight is 575 g/mol. The van der Waals surface area contributed by atoms with E-state index in [0.717, 1.165) is 50.9 Å². The molecular formula is C37H50O5. The number of aromatic hydroxyl groups is 2. The summed E-state index contributed by atoms with van der Waals surface area (Å²) in [5.41, 5.74) is 5.79. The molecule has 4 N–H and O–H groups in total. The van der Waals surface area contributed by atoms with Gasteiger partial charge in [-0.3, -0.25) is 0 Å². The highest BCUT2D eigenvalue weighted by molar-refractivity contribution is 5.49. The van der Waals surface area contributed by atoms with Crippen LogP contribution in [0.2, 0.25) is 0 Å². The monoisotopic (exact) mass is 574 g/mol. The summed E-state index contributed by atoms with van der Waals surface area (Å²) in [7, 11) is 1.62. The molecule has 42 heavy (non-hydrogen) atoms. The van der Waals surface area contributed by atoms with E-state index in [1.54, 1.807) is 7.11 Å². The van der Waals surface area contributed by atoms with Gasteiger partial charge in [-0.1, -0.05) is 19.9 Å². The van der Waals surface area contributed by atoms with E-state index in [2.05, 4.69) is 26.0 Å². The third kappa shape index (κ3) is 4.31. The Morgan fingerprint density at radius 3 is 1.79 bits per heavy atom. The number of phenolic OH excluding ortho intramolecular Hbond substituents is 2. The maximum Gasteiger partial charge on any atom is 0.160 e. The van der Waals surface area contributed by atoms with Crippen LogP contribution in [0.3, 0.4) is 0 Å². The number of phenols is 2. The Labute approximate surface area is 251 Å². The second-order valence-electron chi connectivity index (χ2n) is 15.2. The first-order chi connectivity index (χ1) is 20.1. The molecule has 0 saturated heterocycles. The number of aryl methyl sites for hydroxylation is 2. The van der Waals surface area contributed by atoms with Crippen molar-refractivity contribution in [3.63, 3.8) is 0 Å². The summed E-state index contributed by atoms with van der Waals surface area (Å²) in [5.74, 6) is 5.24. The number of ether oxygens (including phenoxy) is 1. The van der Waals surface area contributed by atoms with E-state index in [0.29, 0.717) is 41.1 Å². The molecule has 0 aromatic heterocycles. The second kappa shape index (κ2) is 10.4. The summed E-state index contributed by atoms with van der Waals surface area (Å²) in [4.78, 5) is 0. The number of methoxy groups -OCH3 is 1. The van der Waals surface area contributed by atoms with Crippen LogP contribution in [-0.2, 0) is 12.8 Å². The predicted octanol–water partition coefficient (Wildman–Crippen LogP) is 7.23. The molecule has 5 nitrogen and oxygen atoms in total. The van der Waals surface area contributed by atoms with Gasteiger partial charge >= 0.3 is 0 Å². The van der Waals surface area contributed by atoms with Crippen molar-refractivity contribution in [2.45, 2.75) is 115 Å². The number of fused-ring (bicyclic) bond motifs is 10. The van der Waals surface area contributed by atoms with Crippen LogP contribution in [0.4, 0.5) is 0 Å². The molecule has 0 unspecified atom stereocenters. The van der Waals surface area contributed by atoms with Crippen LogP contribution in [0, 0.1) is 34.5 Å². The first-order valence-corrected chi connectivity index (χ1v) is 16.7. The first kappa shape index (κ1) is 28.5. The standard InChI is InChI=1S/C19H26O3.C18H24O2/c1-19-8-7-12-13(15(19)5-6-18(19)21)4-3-11-9-16(20)17(22-2)10-14(11)12;1-18-9-8-14-13-5-3-12(19)10-11(13)2-4-15(14)16(18)6-7-17(18)20/h9-10,12-13,15,18,20-21H,3-8H2,1-2H3;3,5,10,14-17,19-20H,2,4,6-9H2,1H3/t12-,13+,15-,18-,19-;14-,15-,16+,17+,18+/m01/s1. The SMILES string of the molecule is COc1cc2c(cc1O)CC[C@@H]1[C@@H]2CC[C@]2(C)[C@@H](O)CC[C@@H]12.C[C@]12CC[C@@H]3c4ccc(O)cc4CC[C@H]3[C@@H]1CC[C@@H]2O. The van der Waals surface area contributed by atoms with E-state index in [1.807, 2.05) is 18.2 Å². The molecule has 2 aromatic rings. The van der Waals surface area contributed by atoms with Gasteiger partial charge in [0.25, 0.3) is 0 Å². The Hall–Kier alpha value is -2.24. The summed E-state index contributed by atoms with van der Waals surface area (Å²) >= 11 is 0. The van der Waals surface area contributed by atoms with Crippen molar-refractivity contribution in [1.29, 1.82) is 0 Å². The lowest BCUT2D eigenvalue weighted by molar-refractivity contribution is -0.0226. The summed E-state index contributed by atoms with van der Waals surface area (Å²) < 4.78 is 5.32. The molecule has 0 aliphatic heterocycles. The molecule has 0 spiro atoms. The van der Waals surface area contributed by atoms with Gasteiger partial charge in [-0.2, -0.15) is 0 Å². The van der Waals surface area contributed by atoms with Gasteiger partial charge < -0.3 is 25.2 Å². The Morgan fingerprint density at radius 1 is 0.667 bits per heavy atom. The lowest BCUT2D eigenvalue weighted by Crippen LogP contribution is -2.43. The zero-order valence-electron chi connectivity index (χ0n) is 25.7. The van der Waals surface area contributed by atoms with Crippen LogP contribution in [-0.4, -0.2) is 39.7 Å². The Bertz CT molecular complexity index is 1340. The largest absolute Gasteiger partial charge is 0.508 e. The van der Waals surface area contributed by atoms with Crippen LogP contribution in [0.15, 0.2) is 30.3 Å². The molecule has 6 aliphatic rings. The van der Waals surface area contributed by atoms with Gasteiger partial charge in [0.1, 0.15) is 5.75 Å². The molecule has 6 aliphatic carbocycles. The normalized spacial score (nSPS) is 41.2. The van der Waals surface area contributed by atoms with Crippen LogP contribution >= 0.6 is 0 Å². The number of hydrogen-bond acceptors (Lipinski definition) is 5. The van der Waals surface area contributed by atoms with Crippen LogP contribution in [0.5, 0.6) is 17.2 Å². The number of aliphatic hydroxyl groups excluding tert-OH is 2. The number of hydrogen-bond donors (Lipinski definition) is 4. The zero-order chi connectivity index (χ0) is 29.4. The lowest BCUT2D eigenvalue weighted by atomic mass is 9.55. The summed E-state index contributed by atoms with van der Waals surface area (Å²) in [6.45, 7) is 4.62. The van der Waals surface area contributed by atoms with Gasteiger partial charge in [0, 0.05) is 0 Å². The summed E-state index contributed by atoms with van der Waals surface area (Å²) in [6.07, 6.45) is 13.3. The fourth-order valence-corrected chi connectivity index (χ4v) is 11.3. The molecule has 0 bridgehead atoms. The molecule has 2 aromatic carbocycles. The van der Waals surface area contributed by atoms with Gasteiger partial charge in [0.15, 0.2) is 11.5 Å². The van der Waals surface area contributed by atoms with Crippen molar-refractivity contribution in [2.75, 3.05) is 7.11 Å². The molecule has 10 atom stereocenters. The minimum Gasteiger partial charge on any atom is -0.508 e. The third-order valence-electron chi connectivity index (χ3n) is 13.6. The van der Waals surface area contributed by atoms with E-state index in [9.17, 15) is 20.4 Å².